The van der Waals surface area contributed by atoms with Crippen molar-refractivity contribution in [3.63, 3.8) is 0 Å². The van der Waals surface area contributed by atoms with Gasteiger partial charge in [-0.25, -0.2) is 4.98 Å². The minimum absolute atomic E-state index is 0.389. The normalized spacial score (nSPS) is 10.8. The van der Waals surface area contributed by atoms with Crippen LogP contribution in [-0.2, 0) is 5.75 Å². The fourth-order valence-corrected chi connectivity index (χ4v) is 3.10. The zero-order valence-corrected chi connectivity index (χ0v) is 12.5. The first-order valence-electron chi connectivity index (χ1n) is 5.63. The van der Waals surface area contributed by atoms with Crippen LogP contribution < -0.4 is 5.73 Å². The van der Waals surface area contributed by atoms with E-state index in [1.165, 1.54) is 11.3 Å². The summed E-state index contributed by atoms with van der Waals surface area (Å²) in [6.45, 7) is 0. The van der Waals surface area contributed by atoms with Crippen molar-refractivity contribution in [2.75, 3.05) is 5.73 Å². The van der Waals surface area contributed by atoms with E-state index in [9.17, 15) is 0 Å². The molecule has 1 aromatic carbocycles. The summed E-state index contributed by atoms with van der Waals surface area (Å²) in [5, 5.41) is 6.90. The van der Waals surface area contributed by atoms with E-state index in [0.29, 0.717) is 33.3 Å². The number of rotatable bonds is 4. The molecule has 0 aliphatic carbocycles. The van der Waals surface area contributed by atoms with Gasteiger partial charge in [0.2, 0.25) is 0 Å². The van der Waals surface area contributed by atoms with Crippen LogP contribution in [0.1, 0.15) is 5.82 Å². The fourth-order valence-electron chi connectivity index (χ4n) is 1.51. The first-order valence-corrected chi connectivity index (χ1v) is 7.87. The van der Waals surface area contributed by atoms with Gasteiger partial charge in [0.1, 0.15) is 5.69 Å². The average molecular weight is 325 g/mol. The van der Waals surface area contributed by atoms with Crippen LogP contribution in [0.15, 0.2) is 39.1 Å². The molecule has 0 aliphatic heterocycles. The van der Waals surface area contributed by atoms with E-state index in [0.717, 1.165) is 4.90 Å². The van der Waals surface area contributed by atoms with Gasteiger partial charge in [-0.15, -0.1) is 23.1 Å². The lowest BCUT2D eigenvalue weighted by atomic mass is 10.4. The Labute approximate surface area is 128 Å². The van der Waals surface area contributed by atoms with Crippen molar-refractivity contribution in [2.24, 2.45) is 0 Å². The molecule has 2 heterocycles. The second-order valence-corrected chi connectivity index (χ2v) is 6.21. The number of anilines is 1. The van der Waals surface area contributed by atoms with E-state index in [1.54, 1.807) is 17.1 Å². The Morgan fingerprint density at radius 1 is 1.35 bits per heavy atom. The average Bonchev–Trinajstić information content (AvgIpc) is 3.05. The van der Waals surface area contributed by atoms with Gasteiger partial charge < -0.3 is 10.3 Å². The molecule has 20 heavy (non-hydrogen) atoms. The van der Waals surface area contributed by atoms with Crippen LogP contribution in [0.2, 0.25) is 5.02 Å². The zero-order chi connectivity index (χ0) is 13.9. The molecule has 2 aromatic heterocycles. The molecular formula is C12H9ClN4OS2. The highest BCUT2D eigenvalue weighted by molar-refractivity contribution is 7.98. The lowest BCUT2D eigenvalue weighted by Gasteiger charge is -1.98. The predicted molar refractivity (Wildman–Crippen MR) is 80.8 cm³/mol. The second-order valence-electron chi connectivity index (χ2n) is 3.83. The highest BCUT2D eigenvalue weighted by Crippen LogP contribution is 2.26. The Bertz CT molecular complexity index is 728. The van der Waals surface area contributed by atoms with E-state index in [-0.39, 0.29) is 0 Å². The van der Waals surface area contributed by atoms with Gasteiger partial charge in [0.25, 0.3) is 5.89 Å². The van der Waals surface area contributed by atoms with Crippen molar-refractivity contribution in [1.29, 1.82) is 0 Å². The first-order chi connectivity index (χ1) is 9.70. The molecule has 102 valence electrons. The summed E-state index contributed by atoms with van der Waals surface area (Å²) in [6, 6.07) is 7.63. The van der Waals surface area contributed by atoms with Crippen LogP contribution in [0.4, 0.5) is 5.13 Å². The Hall–Kier alpha value is -1.57. The second kappa shape index (κ2) is 5.82. The molecule has 0 amide bonds. The molecule has 8 heteroatoms. The van der Waals surface area contributed by atoms with Crippen LogP contribution in [0.3, 0.4) is 0 Å². The Morgan fingerprint density at radius 3 is 3.00 bits per heavy atom. The lowest BCUT2D eigenvalue weighted by Crippen LogP contribution is -1.85. The predicted octanol–water partition coefficient (Wildman–Crippen LogP) is 3.72. The van der Waals surface area contributed by atoms with E-state index in [4.69, 9.17) is 21.9 Å². The number of benzene rings is 1. The number of nitrogen functional groups attached to an aromatic ring is 1. The molecule has 2 N–H and O–H groups in total. The summed E-state index contributed by atoms with van der Waals surface area (Å²) in [7, 11) is 0. The maximum atomic E-state index is 5.93. The number of nitrogens with two attached hydrogens (primary N) is 1. The minimum Gasteiger partial charge on any atom is -0.375 e. The molecule has 3 rings (SSSR count). The van der Waals surface area contributed by atoms with Gasteiger partial charge >= 0.3 is 0 Å². The maximum absolute atomic E-state index is 5.93. The number of thioether (sulfide) groups is 1. The lowest BCUT2D eigenvalue weighted by molar-refractivity contribution is 0.424. The largest absolute Gasteiger partial charge is 0.375 e. The first kappa shape index (κ1) is 13.4. The van der Waals surface area contributed by atoms with Gasteiger partial charge in [0, 0.05) is 15.3 Å². The third-order valence-corrected chi connectivity index (χ3v) is 4.27. The third kappa shape index (κ3) is 3.12. The van der Waals surface area contributed by atoms with Gasteiger partial charge in [-0.3, -0.25) is 0 Å². The quantitative estimate of drug-likeness (QED) is 0.737. The third-order valence-electron chi connectivity index (χ3n) is 2.37. The van der Waals surface area contributed by atoms with Gasteiger partial charge in [-0.2, -0.15) is 4.98 Å². The van der Waals surface area contributed by atoms with E-state index < -0.39 is 0 Å². The highest BCUT2D eigenvalue weighted by atomic mass is 35.5. The molecule has 0 bridgehead atoms. The molecule has 5 nitrogen and oxygen atoms in total. The summed E-state index contributed by atoms with van der Waals surface area (Å²) < 4.78 is 5.16. The highest BCUT2D eigenvalue weighted by Gasteiger charge is 2.12. The maximum Gasteiger partial charge on any atom is 0.277 e. The summed E-state index contributed by atoms with van der Waals surface area (Å²) in [5.41, 5.74) is 6.18. The number of hydrogen-bond acceptors (Lipinski definition) is 7. The number of hydrogen-bond donors (Lipinski definition) is 1. The van der Waals surface area contributed by atoms with Crippen molar-refractivity contribution < 1.29 is 4.52 Å². The van der Waals surface area contributed by atoms with Gasteiger partial charge in [-0.1, -0.05) is 22.8 Å². The van der Waals surface area contributed by atoms with Crippen LogP contribution in [0, 0.1) is 0 Å². The van der Waals surface area contributed by atoms with E-state index in [1.807, 2.05) is 24.3 Å². The van der Waals surface area contributed by atoms with E-state index in [2.05, 4.69) is 15.1 Å². The van der Waals surface area contributed by atoms with Crippen molar-refractivity contribution in [3.8, 4) is 11.6 Å². The van der Waals surface area contributed by atoms with Crippen LogP contribution >= 0.6 is 34.7 Å². The summed E-state index contributed by atoms with van der Waals surface area (Å²) in [4.78, 5) is 9.45. The van der Waals surface area contributed by atoms with Crippen LogP contribution in [0.5, 0.6) is 0 Å². The Morgan fingerprint density at radius 2 is 2.25 bits per heavy atom. The fraction of sp³-hybridized carbons (Fsp3) is 0.0833. The molecule has 0 radical (unpaired) electrons. The van der Waals surface area contributed by atoms with Crippen molar-refractivity contribution >= 4 is 39.8 Å². The summed E-state index contributed by atoms with van der Waals surface area (Å²) >= 11 is 8.86. The molecule has 0 saturated carbocycles. The minimum atomic E-state index is 0.389. The molecular weight excluding hydrogens is 316 g/mol. The topological polar surface area (TPSA) is 77.8 Å². The van der Waals surface area contributed by atoms with Gasteiger partial charge in [0.05, 0.1) is 5.75 Å². The monoisotopic (exact) mass is 324 g/mol. The number of aromatic nitrogens is 3. The van der Waals surface area contributed by atoms with Crippen molar-refractivity contribution in [1.82, 2.24) is 15.1 Å². The molecule has 0 unspecified atom stereocenters. The summed E-state index contributed by atoms with van der Waals surface area (Å²) in [5.74, 6) is 1.60. The zero-order valence-electron chi connectivity index (χ0n) is 10.1. The molecule has 0 fully saturated rings. The Balaban J connectivity index is 1.68. The van der Waals surface area contributed by atoms with Crippen molar-refractivity contribution in [3.05, 3.63) is 40.5 Å². The van der Waals surface area contributed by atoms with E-state index >= 15 is 0 Å². The summed E-state index contributed by atoms with van der Waals surface area (Å²) in [6.07, 6.45) is 0. The van der Waals surface area contributed by atoms with Crippen LogP contribution in [0.25, 0.3) is 11.6 Å². The van der Waals surface area contributed by atoms with Crippen molar-refractivity contribution in [2.45, 2.75) is 10.6 Å². The standard InChI is InChI=1S/C12H9ClN4OS2/c13-7-2-1-3-8(4-7)19-6-10-16-11(18-17-10)9-5-20-12(14)15-9/h1-5H,6H2,(H2,14,15). The number of halogens is 1. The number of thiazole rings is 1. The Kier molecular flexibility index (Phi) is 3.90. The molecule has 3 aromatic rings. The smallest absolute Gasteiger partial charge is 0.277 e. The SMILES string of the molecule is Nc1nc(-c2nc(CSc3cccc(Cl)c3)no2)cs1. The van der Waals surface area contributed by atoms with Gasteiger partial charge in [-0.05, 0) is 18.2 Å². The van der Waals surface area contributed by atoms with Gasteiger partial charge in [0.15, 0.2) is 11.0 Å². The molecule has 0 aliphatic rings. The molecule has 0 spiro atoms. The number of nitrogens with zero attached hydrogens (tertiary/aromatic N) is 3. The van der Waals surface area contributed by atoms with Crippen LogP contribution in [-0.4, -0.2) is 15.1 Å². The molecule has 0 atom stereocenters. The molecule has 0 saturated heterocycles.